The molecule has 1 aliphatic rings. The zero-order valence-corrected chi connectivity index (χ0v) is 19.9. The van der Waals surface area contributed by atoms with Crippen LogP contribution in [0.15, 0.2) is 9.59 Å². The number of aliphatic hydroxyl groups is 1. The van der Waals surface area contributed by atoms with E-state index in [1.807, 2.05) is 6.92 Å². The number of ether oxygens (including phenoxy) is 1. The molecule has 184 valence electrons. The van der Waals surface area contributed by atoms with Crippen molar-refractivity contribution < 1.29 is 23.4 Å². The normalized spacial score (nSPS) is 19.3. The van der Waals surface area contributed by atoms with Crippen molar-refractivity contribution >= 4 is 27.6 Å². The van der Waals surface area contributed by atoms with Gasteiger partial charge < -0.3 is 15.6 Å². The van der Waals surface area contributed by atoms with Crippen LogP contribution in [0.2, 0.25) is 0 Å². The topological polar surface area (TPSA) is 132 Å². The summed E-state index contributed by atoms with van der Waals surface area (Å²) in [5, 5.41) is 11.1. The second kappa shape index (κ2) is 9.12. The van der Waals surface area contributed by atoms with Gasteiger partial charge in [-0.25, -0.2) is 18.4 Å². The summed E-state index contributed by atoms with van der Waals surface area (Å²) in [4.78, 5) is 38.6. The van der Waals surface area contributed by atoms with Gasteiger partial charge in [-0.05, 0) is 45.6 Å². The number of aromatic nitrogens is 2. The number of urea groups is 1. The van der Waals surface area contributed by atoms with Crippen molar-refractivity contribution in [3.8, 4) is 0 Å². The number of carbonyl (C=O) groups excluding carboxylic acids is 1. The van der Waals surface area contributed by atoms with Crippen molar-refractivity contribution in [3.05, 3.63) is 31.3 Å². The quantitative estimate of drug-likeness (QED) is 0.383. The lowest BCUT2D eigenvalue weighted by molar-refractivity contribution is -0.201. The number of fused-ring (bicyclic) bond motifs is 1. The molecule has 0 spiro atoms. The van der Waals surface area contributed by atoms with Crippen molar-refractivity contribution in [2.45, 2.75) is 78.6 Å². The van der Waals surface area contributed by atoms with E-state index in [0.29, 0.717) is 16.9 Å². The predicted molar refractivity (Wildman–Crippen MR) is 119 cm³/mol. The zero-order valence-electron chi connectivity index (χ0n) is 19.1. The van der Waals surface area contributed by atoms with Crippen molar-refractivity contribution in [1.82, 2.24) is 19.6 Å². The van der Waals surface area contributed by atoms with E-state index >= 15 is 0 Å². The number of amides is 2. The molecule has 1 unspecified atom stereocenters. The summed E-state index contributed by atoms with van der Waals surface area (Å²) in [6, 6.07) is -1.26. The van der Waals surface area contributed by atoms with E-state index in [-0.39, 0.29) is 28.7 Å². The Morgan fingerprint density at radius 3 is 2.48 bits per heavy atom. The molecule has 3 rings (SSSR count). The molecule has 2 aromatic heterocycles. The van der Waals surface area contributed by atoms with E-state index in [4.69, 9.17) is 10.5 Å². The third kappa shape index (κ3) is 5.42. The van der Waals surface area contributed by atoms with E-state index in [9.17, 15) is 28.3 Å². The van der Waals surface area contributed by atoms with Gasteiger partial charge in [-0.2, -0.15) is 5.43 Å². The fourth-order valence-corrected chi connectivity index (χ4v) is 4.93. The summed E-state index contributed by atoms with van der Waals surface area (Å²) in [6.07, 6.45) is -3.73. The fraction of sp³-hybridized carbons (Fsp3) is 0.650. The highest BCUT2D eigenvalue weighted by Gasteiger charge is 2.38. The van der Waals surface area contributed by atoms with Crippen LogP contribution < -0.4 is 22.4 Å². The molecule has 4 N–H and O–H groups in total. The van der Waals surface area contributed by atoms with Gasteiger partial charge in [0, 0.05) is 10.9 Å². The van der Waals surface area contributed by atoms with Crippen LogP contribution in [0.3, 0.4) is 0 Å². The molecule has 33 heavy (non-hydrogen) atoms. The molecule has 2 aromatic rings. The van der Waals surface area contributed by atoms with Gasteiger partial charge in [-0.3, -0.25) is 18.9 Å². The Morgan fingerprint density at radius 2 is 2.00 bits per heavy atom. The Labute approximate surface area is 192 Å². The lowest BCUT2D eigenvalue weighted by atomic mass is 10.2. The minimum Gasteiger partial charge on any atom is -0.355 e. The average Bonchev–Trinajstić information content (AvgIpc) is 3.27. The summed E-state index contributed by atoms with van der Waals surface area (Å²) in [7, 11) is 0. The summed E-state index contributed by atoms with van der Waals surface area (Å²) < 4.78 is 33.9. The number of halogens is 2. The fourth-order valence-electron chi connectivity index (χ4n) is 3.64. The van der Waals surface area contributed by atoms with Gasteiger partial charge in [0.2, 0.25) is 6.41 Å². The third-order valence-corrected chi connectivity index (χ3v) is 6.66. The lowest BCUT2D eigenvalue weighted by Gasteiger charge is -2.29. The monoisotopic (exact) mass is 489 g/mol. The van der Waals surface area contributed by atoms with Crippen molar-refractivity contribution in [3.63, 3.8) is 0 Å². The highest BCUT2D eigenvalue weighted by atomic mass is 32.1. The average molecular weight is 490 g/mol. The molecular weight excluding hydrogens is 460 g/mol. The maximum Gasteiger partial charge on any atom is 0.332 e. The molecule has 1 saturated carbocycles. The van der Waals surface area contributed by atoms with Gasteiger partial charge in [-0.15, -0.1) is 11.3 Å². The van der Waals surface area contributed by atoms with Gasteiger partial charge >= 0.3 is 11.7 Å². The van der Waals surface area contributed by atoms with Crippen LogP contribution in [0, 0.1) is 12.8 Å². The number of carbonyl (C=O) groups is 1. The Hall–Kier alpha value is -2.35. The van der Waals surface area contributed by atoms with Crippen molar-refractivity contribution in [2.75, 3.05) is 0 Å². The number of nitrogens with one attached hydrogen (secondary N) is 1. The van der Waals surface area contributed by atoms with Crippen LogP contribution in [0.1, 0.15) is 50.6 Å². The molecule has 0 bridgehead atoms. The van der Waals surface area contributed by atoms with Crippen LogP contribution >= 0.6 is 11.3 Å². The Morgan fingerprint density at radius 1 is 1.39 bits per heavy atom. The van der Waals surface area contributed by atoms with Crippen LogP contribution in [0.4, 0.5) is 13.6 Å². The number of rotatable bonds is 8. The summed E-state index contributed by atoms with van der Waals surface area (Å²) in [5.41, 5.74) is 6.28. The van der Waals surface area contributed by atoms with E-state index in [2.05, 4.69) is 5.43 Å². The molecular formula is C20H29F2N5O5S. The lowest BCUT2D eigenvalue weighted by Crippen LogP contribution is -2.52. The van der Waals surface area contributed by atoms with Crippen molar-refractivity contribution in [1.29, 1.82) is 0 Å². The van der Waals surface area contributed by atoms with Gasteiger partial charge in [0.05, 0.1) is 24.1 Å². The molecule has 13 heteroatoms. The highest BCUT2D eigenvalue weighted by Crippen LogP contribution is 2.41. The van der Waals surface area contributed by atoms with E-state index in [0.717, 1.165) is 25.5 Å². The smallest absolute Gasteiger partial charge is 0.332 e. The number of alkyl halides is 2. The SMILES string of the molecule is Cc1c(CN(NC(O)OC(C)(C)C)C(N)=O)sc2c1c(=O)n([C@H]1C[C@@H]1C)c(=O)n2CC(F)F. The minimum atomic E-state index is -2.80. The van der Waals surface area contributed by atoms with Crippen LogP contribution in [-0.4, -0.2) is 43.7 Å². The number of nitrogens with two attached hydrogens (primary N) is 1. The second-order valence-corrected chi connectivity index (χ2v) is 10.3. The largest absolute Gasteiger partial charge is 0.355 e. The molecule has 1 fully saturated rings. The summed E-state index contributed by atoms with van der Waals surface area (Å²) in [6.45, 7) is 7.57. The Kier molecular flexibility index (Phi) is 6.99. The Balaban J connectivity index is 2.06. The molecule has 10 nitrogen and oxygen atoms in total. The number of aliphatic hydroxyl groups excluding tert-OH is 1. The van der Waals surface area contributed by atoms with Crippen LogP contribution in [0.25, 0.3) is 10.2 Å². The maximum atomic E-state index is 13.3. The molecule has 1 aliphatic carbocycles. The molecule has 0 saturated heterocycles. The Bertz CT molecular complexity index is 1170. The number of nitrogens with zero attached hydrogens (tertiary/aromatic N) is 3. The standard InChI is InChI=1S/C20H29F2N5O5S/c1-9-6-11(9)27-15(28)14-10(2)12(33-16(14)25(19(27)31)8-13(21)22)7-26(17(23)29)24-18(30)32-20(3,4)5/h9,11,13,18,24,30H,6-8H2,1-5H3,(H2,23,29)/t9-,11-,18?/m0/s1. The summed E-state index contributed by atoms with van der Waals surface area (Å²) >= 11 is 0.953. The first kappa shape index (κ1) is 25.3. The highest BCUT2D eigenvalue weighted by molar-refractivity contribution is 7.18. The molecule has 2 heterocycles. The van der Waals surface area contributed by atoms with Gasteiger partial charge in [0.1, 0.15) is 4.83 Å². The van der Waals surface area contributed by atoms with Crippen LogP contribution in [0.5, 0.6) is 0 Å². The van der Waals surface area contributed by atoms with Crippen molar-refractivity contribution in [2.24, 2.45) is 11.7 Å². The third-order valence-electron chi connectivity index (χ3n) is 5.36. The van der Waals surface area contributed by atoms with Gasteiger partial charge in [0.15, 0.2) is 0 Å². The van der Waals surface area contributed by atoms with E-state index in [1.54, 1.807) is 27.7 Å². The molecule has 3 atom stereocenters. The second-order valence-electron chi connectivity index (χ2n) is 9.21. The number of aryl methyl sites for hydroxylation is 1. The molecule has 0 aliphatic heterocycles. The molecule has 0 aromatic carbocycles. The first-order valence-corrected chi connectivity index (χ1v) is 11.3. The number of hydrogen-bond acceptors (Lipinski definition) is 7. The number of primary amides is 1. The van der Waals surface area contributed by atoms with Crippen LogP contribution in [-0.2, 0) is 17.8 Å². The first-order valence-electron chi connectivity index (χ1n) is 10.5. The number of hydrogen-bond donors (Lipinski definition) is 3. The van der Waals surface area contributed by atoms with E-state index < -0.39 is 42.3 Å². The number of thiophene rings is 1. The van der Waals surface area contributed by atoms with Gasteiger partial charge in [0.25, 0.3) is 12.0 Å². The molecule has 2 amide bonds. The maximum absolute atomic E-state index is 13.3. The minimum absolute atomic E-state index is 0.102. The molecule has 0 radical (unpaired) electrons. The first-order chi connectivity index (χ1) is 15.2. The zero-order chi connectivity index (χ0) is 24.8. The predicted octanol–water partition coefficient (Wildman–Crippen LogP) is 1.86. The number of hydrazine groups is 1. The van der Waals surface area contributed by atoms with E-state index in [1.165, 1.54) is 0 Å². The summed E-state index contributed by atoms with van der Waals surface area (Å²) in [5.74, 6) is 0.102. The van der Waals surface area contributed by atoms with Gasteiger partial charge in [-0.1, -0.05) is 6.92 Å².